The lowest BCUT2D eigenvalue weighted by Gasteiger charge is -2.23. The zero-order valence-corrected chi connectivity index (χ0v) is 12.4. The number of hydrogen-bond donors (Lipinski definition) is 1. The molecule has 1 saturated heterocycles. The number of rotatable bonds is 7. The summed E-state index contributed by atoms with van der Waals surface area (Å²) in [5, 5.41) is 3.62. The topological polar surface area (TPSA) is 39.1 Å². The Morgan fingerprint density at radius 3 is 3.00 bits per heavy atom. The predicted octanol–water partition coefficient (Wildman–Crippen LogP) is 2.24. The standard InChI is InChI=1S/C15H27N3O/c1-4-7-18-8-6-17-15(18)10-14(16-5-2)13-9-12(3)19-11-13/h6,8,12-14,16H,4-5,7,9-11H2,1-3H3. The number of hydrogen-bond acceptors (Lipinski definition) is 3. The molecule has 0 saturated carbocycles. The summed E-state index contributed by atoms with van der Waals surface area (Å²) in [5.41, 5.74) is 0. The molecule has 0 spiro atoms. The van der Waals surface area contributed by atoms with Crippen molar-refractivity contribution in [2.75, 3.05) is 13.2 Å². The molecule has 0 aliphatic carbocycles. The van der Waals surface area contributed by atoms with Crippen molar-refractivity contribution in [2.45, 2.75) is 58.7 Å². The van der Waals surface area contributed by atoms with Crippen LogP contribution in [0.4, 0.5) is 0 Å². The lowest BCUT2D eigenvalue weighted by atomic mass is 9.94. The van der Waals surface area contributed by atoms with E-state index in [9.17, 15) is 0 Å². The summed E-state index contributed by atoms with van der Waals surface area (Å²) in [5.74, 6) is 1.81. The Bertz CT molecular complexity index is 377. The highest BCUT2D eigenvalue weighted by molar-refractivity contribution is 4.98. The van der Waals surface area contributed by atoms with E-state index in [4.69, 9.17) is 4.74 Å². The van der Waals surface area contributed by atoms with E-state index in [0.717, 1.165) is 39.0 Å². The quantitative estimate of drug-likeness (QED) is 0.822. The van der Waals surface area contributed by atoms with Crippen LogP contribution in [-0.2, 0) is 17.7 Å². The monoisotopic (exact) mass is 265 g/mol. The largest absolute Gasteiger partial charge is 0.378 e. The van der Waals surface area contributed by atoms with E-state index in [1.165, 1.54) is 5.82 Å². The molecule has 3 atom stereocenters. The first kappa shape index (κ1) is 14.5. The number of nitrogens with one attached hydrogen (secondary N) is 1. The van der Waals surface area contributed by atoms with E-state index >= 15 is 0 Å². The third-order valence-corrected chi connectivity index (χ3v) is 3.93. The normalized spacial score (nSPS) is 24.8. The molecular formula is C15H27N3O. The van der Waals surface area contributed by atoms with Crippen LogP contribution in [0.1, 0.15) is 39.4 Å². The van der Waals surface area contributed by atoms with E-state index in [2.05, 4.69) is 41.8 Å². The molecule has 1 aliphatic rings. The van der Waals surface area contributed by atoms with Crippen molar-refractivity contribution < 1.29 is 4.74 Å². The maximum atomic E-state index is 5.72. The summed E-state index contributed by atoms with van der Waals surface area (Å²) in [6.07, 6.45) is 7.73. The van der Waals surface area contributed by atoms with Gasteiger partial charge < -0.3 is 14.6 Å². The van der Waals surface area contributed by atoms with E-state index in [-0.39, 0.29) is 0 Å². The highest BCUT2D eigenvalue weighted by atomic mass is 16.5. The third kappa shape index (κ3) is 3.80. The van der Waals surface area contributed by atoms with Crippen LogP contribution >= 0.6 is 0 Å². The Labute approximate surface area is 116 Å². The van der Waals surface area contributed by atoms with E-state index < -0.39 is 0 Å². The Hall–Kier alpha value is -0.870. The SMILES string of the molecule is CCCn1ccnc1CC(NCC)C1COC(C)C1. The molecule has 2 heterocycles. The van der Waals surface area contributed by atoms with Gasteiger partial charge in [0, 0.05) is 37.3 Å². The highest BCUT2D eigenvalue weighted by Crippen LogP contribution is 2.24. The average Bonchev–Trinajstić information content (AvgIpc) is 2.99. The van der Waals surface area contributed by atoms with Crippen LogP contribution < -0.4 is 5.32 Å². The van der Waals surface area contributed by atoms with Gasteiger partial charge in [-0.05, 0) is 26.3 Å². The molecule has 0 bridgehead atoms. The van der Waals surface area contributed by atoms with Gasteiger partial charge in [-0.3, -0.25) is 0 Å². The molecule has 4 heteroatoms. The van der Waals surface area contributed by atoms with E-state index in [1.54, 1.807) is 0 Å². The van der Waals surface area contributed by atoms with Crippen molar-refractivity contribution in [1.82, 2.24) is 14.9 Å². The molecular weight excluding hydrogens is 238 g/mol. The fourth-order valence-corrected chi connectivity index (χ4v) is 2.97. The average molecular weight is 265 g/mol. The van der Waals surface area contributed by atoms with Gasteiger partial charge in [-0.25, -0.2) is 4.98 Å². The van der Waals surface area contributed by atoms with Crippen LogP contribution in [0.15, 0.2) is 12.4 Å². The lowest BCUT2D eigenvalue weighted by molar-refractivity contribution is 0.116. The second-order valence-electron chi connectivity index (χ2n) is 5.54. The Balaban J connectivity index is 2.01. The second-order valence-corrected chi connectivity index (χ2v) is 5.54. The van der Waals surface area contributed by atoms with Gasteiger partial charge in [0.2, 0.25) is 0 Å². The van der Waals surface area contributed by atoms with Crippen molar-refractivity contribution in [3.05, 3.63) is 18.2 Å². The van der Waals surface area contributed by atoms with Crippen LogP contribution in [0.2, 0.25) is 0 Å². The molecule has 0 radical (unpaired) electrons. The Morgan fingerprint density at radius 2 is 2.37 bits per heavy atom. The minimum atomic E-state index is 0.404. The molecule has 1 aromatic heterocycles. The Kier molecular flexibility index (Phi) is 5.40. The van der Waals surface area contributed by atoms with E-state index in [0.29, 0.717) is 18.1 Å². The van der Waals surface area contributed by atoms with Gasteiger partial charge in [0.15, 0.2) is 0 Å². The van der Waals surface area contributed by atoms with Gasteiger partial charge in [-0.2, -0.15) is 0 Å². The molecule has 108 valence electrons. The van der Waals surface area contributed by atoms with Crippen LogP contribution in [0.3, 0.4) is 0 Å². The smallest absolute Gasteiger partial charge is 0.110 e. The van der Waals surface area contributed by atoms with Crippen molar-refractivity contribution in [1.29, 1.82) is 0 Å². The zero-order chi connectivity index (χ0) is 13.7. The Morgan fingerprint density at radius 1 is 1.53 bits per heavy atom. The zero-order valence-electron chi connectivity index (χ0n) is 12.4. The first-order chi connectivity index (χ1) is 9.24. The molecule has 19 heavy (non-hydrogen) atoms. The van der Waals surface area contributed by atoms with Crippen molar-refractivity contribution in [2.24, 2.45) is 5.92 Å². The van der Waals surface area contributed by atoms with Crippen LogP contribution in [-0.4, -0.2) is 34.8 Å². The van der Waals surface area contributed by atoms with Crippen LogP contribution in [0, 0.1) is 5.92 Å². The molecule has 2 rings (SSSR count). The number of ether oxygens (including phenoxy) is 1. The molecule has 0 aromatic carbocycles. The third-order valence-electron chi connectivity index (χ3n) is 3.93. The van der Waals surface area contributed by atoms with Gasteiger partial charge in [-0.1, -0.05) is 13.8 Å². The number of aromatic nitrogens is 2. The minimum Gasteiger partial charge on any atom is -0.378 e. The molecule has 3 unspecified atom stereocenters. The first-order valence-corrected chi connectivity index (χ1v) is 7.59. The highest BCUT2D eigenvalue weighted by Gasteiger charge is 2.29. The molecule has 0 amide bonds. The minimum absolute atomic E-state index is 0.404. The fourth-order valence-electron chi connectivity index (χ4n) is 2.97. The lowest BCUT2D eigenvalue weighted by Crippen LogP contribution is -2.39. The van der Waals surface area contributed by atoms with Crippen LogP contribution in [0.5, 0.6) is 0 Å². The number of imidazole rings is 1. The van der Waals surface area contributed by atoms with Crippen molar-refractivity contribution >= 4 is 0 Å². The van der Waals surface area contributed by atoms with Gasteiger partial charge >= 0.3 is 0 Å². The molecule has 1 N–H and O–H groups in total. The fraction of sp³-hybridized carbons (Fsp3) is 0.800. The summed E-state index contributed by atoms with van der Waals surface area (Å²) in [7, 11) is 0. The molecule has 1 fully saturated rings. The van der Waals surface area contributed by atoms with Gasteiger partial charge in [-0.15, -0.1) is 0 Å². The number of nitrogens with zero attached hydrogens (tertiary/aromatic N) is 2. The number of likely N-dealkylation sites (N-methyl/N-ethyl adjacent to an activating group) is 1. The summed E-state index contributed by atoms with van der Waals surface area (Å²) in [6, 6.07) is 0.480. The molecule has 1 aromatic rings. The molecule has 1 aliphatic heterocycles. The molecule has 4 nitrogen and oxygen atoms in total. The summed E-state index contributed by atoms with van der Waals surface area (Å²) in [4.78, 5) is 4.53. The van der Waals surface area contributed by atoms with Gasteiger partial charge in [0.1, 0.15) is 5.82 Å². The summed E-state index contributed by atoms with van der Waals surface area (Å²) >= 11 is 0. The van der Waals surface area contributed by atoms with Crippen LogP contribution in [0.25, 0.3) is 0 Å². The van der Waals surface area contributed by atoms with E-state index in [1.807, 2.05) is 6.20 Å². The van der Waals surface area contributed by atoms with Gasteiger partial charge in [0.05, 0.1) is 12.7 Å². The second kappa shape index (κ2) is 7.06. The first-order valence-electron chi connectivity index (χ1n) is 7.59. The predicted molar refractivity (Wildman–Crippen MR) is 77.2 cm³/mol. The summed E-state index contributed by atoms with van der Waals surface area (Å²) in [6.45, 7) is 9.49. The maximum absolute atomic E-state index is 5.72. The van der Waals surface area contributed by atoms with Gasteiger partial charge in [0.25, 0.3) is 0 Å². The van der Waals surface area contributed by atoms with Crippen molar-refractivity contribution in [3.63, 3.8) is 0 Å². The maximum Gasteiger partial charge on any atom is 0.110 e. The summed E-state index contributed by atoms with van der Waals surface area (Å²) < 4.78 is 8.00. The van der Waals surface area contributed by atoms with Crippen molar-refractivity contribution in [3.8, 4) is 0 Å². The number of aryl methyl sites for hydroxylation is 1.